The molecule has 2 aromatic rings. The number of thiophene rings is 1. The highest BCUT2D eigenvalue weighted by Gasteiger charge is 2.05. The number of benzene rings is 1. The molecule has 0 saturated heterocycles. The Labute approximate surface area is 99.5 Å². The van der Waals surface area contributed by atoms with Crippen molar-refractivity contribution in [3.8, 4) is 21.9 Å². The Morgan fingerprint density at radius 1 is 0.938 bits per heavy atom. The summed E-state index contributed by atoms with van der Waals surface area (Å²) < 4.78 is 10.5. The number of rotatable bonds is 3. The summed E-state index contributed by atoms with van der Waals surface area (Å²) in [5.74, 6) is 1.64. The molecule has 0 bridgehead atoms. The van der Waals surface area contributed by atoms with Crippen LogP contribution in [0.15, 0.2) is 30.3 Å². The van der Waals surface area contributed by atoms with Crippen molar-refractivity contribution in [2.75, 3.05) is 14.2 Å². The molecule has 2 nitrogen and oxygen atoms in total. The van der Waals surface area contributed by atoms with Crippen molar-refractivity contribution in [3.05, 3.63) is 35.2 Å². The van der Waals surface area contributed by atoms with Gasteiger partial charge in [0.2, 0.25) is 0 Å². The number of methoxy groups -OCH3 is 2. The van der Waals surface area contributed by atoms with Crippen LogP contribution in [0.5, 0.6) is 11.5 Å². The van der Waals surface area contributed by atoms with Crippen LogP contribution in [0.1, 0.15) is 4.88 Å². The van der Waals surface area contributed by atoms with Gasteiger partial charge in [-0.25, -0.2) is 0 Å². The maximum absolute atomic E-state index is 5.25. The highest BCUT2D eigenvalue weighted by Crippen LogP contribution is 2.33. The van der Waals surface area contributed by atoms with Crippen molar-refractivity contribution in [1.82, 2.24) is 0 Å². The summed E-state index contributed by atoms with van der Waals surface area (Å²) in [4.78, 5) is 2.53. The normalized spacial score (nSPS) is 10.2. The fourth-order valence-corrected chi connectivity index (χ4v) is 2.39. The number of hydrogen-bond acceptors (Lipinski definition) is 3. The second-order valence-electron chi connectivity index (χ2n) is 3.51. The molecule has 0 saturated carbocycles. The molecule has 0 spiro atoms. The van der Waals surface area contributed by atoms with E-state index in [1.807, 2.05) is 18.2 Å². The summed E-state index contributed by atoms with van der Waals surface area (Å²) in [6, 6.07) is 10.2. The van der Waals surface area contributed by atoms with Crippen LogP contribution in [0.4, 0.5) is 0 Å². The fraction of sp³-hybridized carbons (Fsp3) is 0.231. The van der Waals surface area contributed by atoms with E-state index >= 15 is 0 Å². The van der Waals surface area contributed by atoms with Crippen LogP contribution in [0.2, 0.25) is 0 Å². The molecule has 84 valence electrons. The van der Waals surface area contributed by atoms with Crippen LogP contribution in [0.3, 0.4) is 0 Å². The van der Waals surface area contributed by atoms with Gasteiger partial charge in [0.1, 0.15) is 11.5 Å². The molecule has 0 aliphatic carbocycles. The lowest BCUT2D eigenvalue weighted by Gasteiger charge is -2.06. The minimum atomic E-state index is 0.820. The zero-order valence-corrected chi connectivity index (χ0v) is 10.4. The molecule has 0 aliphatic heterocycles. The molecule has 1 aromatic carbocycles. The van der Waals surface area contributed by atoms with Gasteiger partial charge in [0, 0.05) is 15.8 Å². The molecule has 0 radical (unpaired) electrons. The Balaban J connectivity index is 2.47. The average Bonchev–Trinajstić information content (AvgIpc) is 2.75. The molecule has 2 rings (SSSR count). The number of hydrogen-bond donors (Lipinski definition) is 0. The second kappa shape index (κ2) is 4.58. The monoisotopic (exact) mass is 234 g/mol. The quantitative estimate of drug-likeness (QED) is 0.805. The van der Waals surface area contributed by atoms with Crippen molar-refractivity contribution in [2.45, 2.75) is 6.92 Å². The summed E-state index contributed by atoms with van der Waals surface area (Å²) in [6.07, 6.45) is 0. The molecule has 0 fully saturated rings. The summed E-state index contributed by atoms with van der Waals surface area (Å²) in [5.41, 5.74) is 1.13. The molecule has 0 N–H and O–H groups in total. The lowest BCUT2D eigenvalue weighted by Crippen LogP contribution is -1.87. The molecule has 1 aromatic heterocycles. The Morgan fingerprint density at radius 3 is 2.00 bits per heavy atom. The third kappa shape index (κ3) is 2.19. The van der Waals surface area contributed by atoms with E-state index in [1.54, 1.807) is 25.6 Å². The second-order valence-corrected chi connectivity index (χ2v) is 4.80. The highest BCUT2D eigenvalue weighted by molar-refractivity contribution is 7.15. The molecule has 0 unspecified atom stereocenters. The van der Waals surface area contributed by atoms with Gasteiger partial charge in [0.05, 0.1) is 14.2 Å². The van der Waals surface area contributed by atoms with Crippen LogP contribution in [0, 0.1) is 6.92 Å². The molecule has 0 atom stereocenters. The van der Waals surface area contributed by atoms with Crippen molar-refractivity contribution < 1.29 is 9.47 Å². The van der Waals surface area contributed by atoms with Gasteiger partial charge in [-0.3, -0.25) is 0 Å². The first kappa shape index (κ1) is 11.0. The molecule has 3 heteroatoms. The number of ether oxygens (including phenoxy) is 2. The van der Waals surface area contributed by atoms with Crippen LogP contribution in [0.25, 0.3) is 10.4 Å². The van der Waals surface area contributed by atoms with Crippen molar-refractivity contribution in [2.24, 2.45) is 0 Å². The van der Waals surface area contributed by atoms with Crippen LogP contribution in [-0.2, 0) is 0 Å². The van der Waals surface area contributed by atoms with Crippen LogP contribution in [-0.4, -0.2) is 14.2 Å². The van der Waals surface area contributed by atoms with E-state index in [-0.39, 0.29) is 0 Å². The molecular weight excluding hydrogens is 220 g/mol. The van der Waals surface area contributed by atoms with Gasteiger partial charge in [-0.1, -0.05) is 0 Å². The van der Waals surface area contributed by atoms with Gasteiger partial charge in [-0.15, -0.1) is 11.3 Å². The summed E-state index contributed by atoms with van der Waals surface area (Å²) in [5, 5.41) is 0. The van der Waals surface area contributed by atoms with Gasteiger partial charge >= 0.3 is 0 Å². The summed E-state index contributed by atoms with van der Waals surface area (Å²) >= 11 is 1.77. The first-order valence-corrected chi connectivity index (χ1v) is 5.84. The third-order valence-corrected chi connectivity index (χ3v) is 3.43. The molecule has 0 aliphatic rings. The lowest BCUT2D eigenvalue weighted by atomic mass is 10.1. The predicted molar refractivity (Wildman–Crippen MR) is 67.6 cm³/mol. The van der Waals surface area contributed by atoms with Gasteiger partial charge in [0.25, 0.3) is 0 Å². The van der Waals surface area contributed by atoms with E-state index in [2.05, 4.69) is 19.1 Å². The van der Waals surface area contributed by atoms with E-state index in [9.17, 15) is 0 Å². The predicted octanol–water partition coefficient (Wildman–Crippen LogP) is 3.74. The average molecular weight is 234 g/mol. The zero-order chi connectivity index (χ0) is 11.5. The summed E-state index contributed by atoms with van der Waals surface area (Å²) in [6.45, 7) is 2.10. The zero-order valence-electron chi connectivity index (χ0n) is 9.61. The first-order valence-electron chi connectivity index (χ1n) is 5.03. The Bertz CT molecular complexity index is 466. The minimum Gasteiger partial charge on any atom is -0.497 e. The van der Waals surface area contributed by atoms with Crippen molar-refractivity contribution in [3.63, 3.8) is 0 Å². The molecule has 1 heterocycles. The first-order chi connectivity index (χ1) is 7.72. The molecule has 0 amide bonds. The third-order valence-electron chi connectivity index (χ3n) is 2.38. The van der Waals surface area contributed by atoms with E-state index < -0.39 is 0 Å². The Kier molecular flexibility index (Phi) is 3.15. The van der Waals surface area contributed by atoms with Crippen molar-refractivity contribution in [1.29, 1.82) is 0 Å². The Morgan fingerprint density at radius 2 is 1.56 bits per heavy atom. The maximum atomic E-state index is 5.25. The van der Waals surface area contributed by atoms with Gasteiger partial charge in [-0.2, -0.15) is 0 Å². The van der Waals surface area contributed by atoms with Crippen LogP contribution < -0.4 is 9.47 Å². The standard InChI is InChI=1S/C13H14O2S/c1-9-4-5-13(16-9)10-6-11(14-2)8-12(7-10)15-3/h4-8H,1-3H3. The fourth-order valence-electron chi connectivity index (χ4n) is 1.54. The van der Waals surface area contributed by atoms with E-state index in [0.29, 0.717) is 0 Å². The maximum Gasteiger partial charge on any atom is 0.123 e. The number of aryl methyl sites for hydroxylation is 1. The SMILES string of the molecule is COc1cc(OC)cc(-c2ccc(C)s2)c1. The lowest BCUT2D eigenvalue weighted by molar-refractivity contribution is 0.394. The molecule has 16 heavy (non-hydrogen) atoms. The largest absolute Gasteiger partial charge is 0.497 e. The minimum absolute atomic E-state index is 0.820. The smallest absolute Gasteiger partial charge is 0.123 e. The highest BCUT2D eigenvalue weighted by atomic mass is 32.1. The molecular formula is C13H14O2S. The van der Waals surface area contributed by atoms with E-state index in [4.69, 9.17) is 9.47 Å². The summed E-state index contributed by atoms with van der Waals surface area (Å²) in [7, 11) is 3.33. The van der Waals surface area contributed by atoms with E-state index in [0.717, 1.165) is 17.1 Å². The van der Waals surface area contributed by atoms with Gasteiger partial charge in [-0.05, 0) is 36.8 Å². The van der Waals surface area contributed by atoms with Crippen LogP contribution >= 0.6 is 11.3 Å². The van der Waals surface area contributed by atoms with E-state index in [1.165, 1.54) is 9.75 Å². The van der Waals surface area contributed by atoms with Crippen molar-refractivity contribution >= 4 is 11.3 Å². The topological polar surface area (TPSA) is 18.5 Å². The van der Waals surface area contributed by atoms with Gasteiger partial charge in [0.15, 0.2) is 0 Å². The van der Waals surface area contributed by atoms with Gasteiger partial charge < -0.3 is 9.47 Å². The Hall–Kier alpha value is -1.48.